The average molecular weight is 386 g/mol. The zero-order valence-corrected chi connectivity index (χ0v) is 16.5. The van der Waals surface area contributed by atoms with Crippen LogP contribution in [-0.4, -0.2) is 40.9 Å². The van der Waals surface area contributed by atoms with E-state index in [9.17, 15) is 14.4 Å². The Labute approximate surface area is 166 Å². The number of benzene rings is 1. The van der Waals surface area contributed by atoms with E-state index in [0.717, 1.165) is 12.8 Å². The van der Waals surface area contributed by atoms with E-state index in [0.29, 0.717) is 43.0 Å². The Morgan fingerprint density at radius 3 is 2.04 bits per heavy atom. The predicted molar refractivity (Wildman–Crippen MR) is 107 cm³/mol. The molecule has 6 nitrogen and oxygen atoms in total. The van der Waals surface area contributed by atoms with Crippen LogP contribution < -0.4 is 5.32 Å². The minimum atomic E-state index is -0.766. The van der Waals surface area contributed by atoms with Crippen molar-refractivity contribution < 1.29 is 19.5 Å². The number of nitrogens with one attached hydrogen (secondary N) is 1. The molecule has 28 heavy (non-hydrogen) atoms. The van der Waals surface area contributed by atoms with Crippen molar-refractivity contribution in [2.75, 3.05) is 12.4 Å². The molecule has 2 N–H and O–H groups in total. The molecule has 2 aliphatic rings. The molecule has 0 unspecified atom stereocenters. The van der Waals surface area contributed by atoms with Gasteiger partial charge in [0.15, 0.2) is 0 Å². The van der Waals surface area contributed by atoms with E-state index in [2.05, 4.69) is 5.32 Å². The van der Waals surface area contributed by atoms with Crippen molar-refractivity contribution in [3.63, 3.8) is 0 Å². The van der Waals surface area contributed by atoms with Gasteiger partial charge in [0, 0.05) is 30.3 Å². The summed E-state index contributed by atoms with van der Waals surface area (Å²) in [5.41, 5.74) is 1.30. The number of carbonyl (C=O) groups is 3. The van der Waals surface area contributed by atoms with Crippen LogP contribution in [0, 0.1) is 11.8 Å². The second-order valence-electron chi connectivity index (χ2n) is 8.16. The summed E-state index contributed by atoms with van der Waals surface area (Å²) in [6.07, 6.45) is 8.06. The van der Waals surface area contributed by atoms with Crippen LogP contribution in [0.2, 0.25) is 0 Å². The molecule has 2 saturated carbocycles. The maximum absolute atomic E-state index is 12.7. The van der Waals surface area contributed by atoms with Gasteiger partial charge in [-0.3, -0.25) is 14.4 Å². The standard InChI is InChI=1S/C22H30N2O4/c1-24(19-5-3-2-4-6-19)21(26)16-11-13-18(14-12-16)23-20(25)15-7-9-17(10-8-15)22(27)28/h11-15,17,19H,2-10H2,1H3,(H,23,25)(H,27,28). The summed E-state index contributed by atoms with van der Waals surface area (Å²) < 4.78 is 0. The molecule has 0 radical (unpaired) electrons. The summed E-state index contributed by atoms with van der Waals surface area (Å²) in [4.78, 5) is 38.0. The molecule has 152 valence electrons. The fourth-order valence-corrected chi connectivity index (χ4v) is 4.38. The second kappa shape index (κ2) is 9.22. The molecular weight excluding hydrogens is 356 g/mol. The van der Waals surface area contributed by atoms with Gasteiger partial charge in [-0.2, -0.15) is 0 Å². The number of carbonyl (C=O) groups excluding carboxylic acids is 2. The van der Waals surface area contributed by atoms with Gasteiger partial charge in [-0.1, -0.05) is 19.3 Å². The van der Waals surface area contributed by atoms with Crippen LogP contribution in [0.15, 0.2) is 24.3 Å². The van der Waals surface area contributed by atoms with Gasteiger partial charge in [0.1, 0.15) is 0 Å². The fraction of sp³-hybridized carbons (Fsp3) is 0.591. The summed E-state index contributed by atoms with van der Waals surface area (Å²) in [7, 11) is 1.88. The van der Waals surface area contributed by atoms with Gasteiger partial charge in [-0.15, -0.1) is 0 Å². The number of nitrogens with zero attached hydrogens (tertiary/aromatic N) is 1. The molecule has 0 aliphatic heterocycles. The molecule has 0 spiro atoms. The summed E-state index contributed by atoms with van der Waals surface area (Å²) in [5, 5.41) is 12.0. The summed E-state index contributed by atoms with van der Waals surface area (Å²) in [6, 6.07) is 7.38. The maximum atomic E-state index is 12.7. The van der Waals surface area contributed by atoms with Crippen molar-refractivity contribution in [2.24, 2.45) is 11.8 Å². The third-order valence-corrected chi connectivity index (χ3v) is 6.29. The lowest BCUT2D eigenvalue weighted by Crippen LogP contribution is -2.38. The molecule has 0 heterocycles. The largest absolute Gasteiger partial charge is 0.481 e. The average Bonchev–Trinajstić information content (AvgIpc) is 2.74. The lowest BCUT2D eigenvalue weighted by molar-refractivity contribution is -0.143. The smallest absolute Gasteiger partial charge is 0.306 e. The van der Waals surface area contributed by atoms with Crippen LogP contribution >= 0.6 is 0 Å². The van der Waals surface area contributed by atoms with E-state index in [1.807, 2.05) is 11.9 Å². The molecule has 0 atom stereocenters. The van der Waals surface area contributed by atoms with Gasteiger partial charge in [-0.25, -0.2) is 0 Å². The van der Waals surface area contributed by atoms with Crippen molar-refractivity contribution in [3.8, 4) is 0 Å². The SMILES string of the molecule is CN(C(=O)c1ccc(NC(=O)C2CCC(C(=O)O)CC2)cc1)C1CCCCC1. The fourth-order valence-electron chi connectivity index (χ4n) is 4.38. The number of amides is 2. The summed E-state index contributed by atoms with van der Waals surface area (Å²) in [6.45, 7) is 0. The number of rotatable bonds is 5. The van der Waals surface area contributed by atoms with Gasteiger partial charge in [0.2, 0.25) is 5.91 Å². The molecule has 6 heteroatoms. The van der Waals surface area contributed by atoms with Gasteiger partial charge >= 0.3 is 5.97 Å². The Morgan fingerprint density at radius 1 is 0.893 bits per heavy atom. The van der Waals surface area contributed by atoms with E-state index in [4.69, 9.17) is 5.11 Å². The van der Waals surface area contributed by atoms with Crippen LogP contribution in [0.3, 0.4) is 0 Å². The highest BCUT2D eigenvalue weighted by atomic mass is 16.4. The molecule has 0 saturated heterocycles. The lowest BCUT2D eigenvalue weighted by Gasteiger charge is -2.31. The van der Waals surface area contributed by atoms with Crippen LogP contribution in [0.25, 0.3) is 0 Å². The monoisotopic (exact) mass is 386 g/mol. The molecule has 2 aliphatic carbocycles. The number of anilines is 1. The first-order valence-electron chi connectivity index (χ1n) is 10.4. The van der Waals surface area contributed by atoms with E-state index < -0.39 is 5.97 Å². The molecule has 0 bridgehead atoms. The number of carboxylic acids is 1. The number of carboxylic acid groups (broad SMARTS) is 1. The van der Waals surface area contributed by atoms with Crippen LogP contribution in [-0.2, 0) is 9.59 Å². The zero-order chi connectivity index (χ0) is 20.1. The van der Waals surface area contributed by atoms with Gasteiger partial charge in [-0.05, 0) is 62.8 Å². The molecule has 2 fully saturated rings. The normalized spacial score (nSPS) is 23.0. The lowest BCUT2D eigenvalue weighted by atomic mass is 9.81. The highest BCUT2D eigenvalue weighted by Gasteiger charge is 2.30. The minimum Gasteiger partial charge on any atom is -0.481 e. The Kier molecular flexibility index (Phi) is 6.70. The second-order valence-corrected chi connectivity index (χ2v) is 8.16. The first-order valence-corrected chi connectivity index (χ1v) is 10.4. The van der Waals surface area contributed by atoms with Gasteiger partial charge in [0.25, 0.3) is 5.91 Å². The van der Waals surface area contributed by atoms with Gasteiger partial charge < -0.3 is 15.3 Å². The molecule has 1 aromatic rings. The van der Waals surface area contributed by atoms with Crippen LogP contribution in [0.1, 0.15) is 68.1 Å². The molecule has 2 amide bonds. The Balaban J connectivity index is 1.53. The third-order valence-electron chi connectivity index (χ3n) is 6.29. The van der Waals surface area contributed by atoms with E-state index >= 15 is 0 Å². The molecule has 3 rings (SSSR count). The van der Waals surface area contributed by atoms with Crippen molar-refractivity contribution in [3.05, 3.63) is 29.8 Å². The summed E-state index contributed by atoms with van der Waals surface area (Å²) >= 11 is 0. The van der Waals surface area contributed by atoms with Crippen molar-refractivity contribution in [1.29, 1.82) is 0 Å². The Hall–Kier alpha value is -2.37. The Morgan fingerprint density at radius 2 is 1.46 bits per heavy atom. The van der Waals surface area contributed by atoms with Crippen molar-refractivity contribution >= 4 is 23.5 Å². The minimum absolute atomic E-state index is 0.0248. The zero-order valence-electron chi connectivity index (χ0n) is 16.5. The number of aliphatic carboxylic acids is 1. The van der Waals surface area contributed by atoms with Gasteiger partial charge in [0.05, 0.1) is 5.92 Å². The number of hydrogen-bond donors (Lipinski definition) is 2. The predicted octanol–water partition coefficient (Wildman–Crippen LogP) is 3.92. The highest BCUT2D eigenvalue weighted by molar-refractivity contribution is 5.96. The topological polar surface area (TPSA) is 86.7 Å². The first kappa shape index (κ1) is 20.4. The van der Waals surface area contributed by atoms with E-state index in [1.54, 1.807) is 24.3 Å². The first-order chi connectivity index (χ1) is 13.5. The molecule has 1 aromatic carbocycles. The van der Waals surface area contributed by atoms with E-state index in [-0.39, 0.29) is 23.7 Å². The third kappa shape index (κ3) is 4.91. The maximum Gasteiger partial charge on any atom is 0.306 e. The van der Waals surface area contributed by atoms with E-state index in [1.165, 1.54) is 19.3 Å². The summed E-state index contributed by atoms with van der Waals surface area (Å²) in [5.74, 6) is -1.28. The molecule has 0 aromatic heterocycles. The highest BCUT2D eigenvalue weighted by Crippen LogP contribution is 2.30. The van der Waals surface area contributed by atoms with Crippen LogP contribution in [0.4, 0.5) is 5.69 Å². The van der Waals surface area contributed by atoms with Crippen molar-refractivity contribution in [2.45, 2.75) is 63.8 Å². The molecular formula is C22H30N2O4. The quantitative estimate of drug-likeness (QED) is 0.803. The Bertz CT molecular complexity index is 702. The van der Waals surface area contributed by atoms with Crippen LogP contribution in [0.5, 0.6) is 0 Å². The number of hydrogen-bond acceptors (Lipinski definition) is 3. The van der Waals surface area contributed by atoms with Crippen molar-refractivity contribution in [1.82, 2.24) is 4.90 Å².